The third kappa shape index (κ3) is 3.62. The number of oxime groups is 1. The van der Waals surface area contributed by atoms with Crippen LogP contribution in [0.3, 0.4) is 0 Å². The van der Waals surface area contributed by atoms with Crippen LogP contribution in [0.1, 0.15) is 58.8 Å². The third-order valence-electron chi connectivity index (χ3n) is 3.65. The minimum Gasteiger partial charge on any atom is -0.409 e. The molecule has 0 radical (unpaired) electrons. The van der Waals surface area contributed by atoms with E-state index in [0.717, 1.165) is 12.8 Å². The molecule has 0 aromatic rings. The Hall–Kier alpha value is -1.26. The van der Waals surface area contributed by atoms with Crippen molar-refractivity contribution in [1.82, 2.24) is 5.32 Å². The maximum atomic E-state index is 12.0. The molecule has 0 aliphatic heterocycles. The number of rotatable bonds is 8. The van der Waals surface area contributed by atoms with Gasteiger partial charge in [0.25, 0.3) is 0 Å². The largest absolute Gasteiger partial charge is 0.409 e. The van der Waals surface area contributed by atoms with Crippen LogP contribution in [0.2, 0.25) is 0 Å². The summed E-state index contributed by atoms with van der Waals surface area (Å²) in [6.07, 6.45) is 7.14. The molecule has 1 saturated carbocycles. The van der Waals surface area contributed by atoms with Gasteiger partial charge in [0.15, 0.2) is 5.84 Å². The van der Waals surface area contributed by atoms with Gasteiger partial charge in [0.2, 0.25) is 5.91 Å². The average Bonchev–Trinajstić information content (AvgIpc) is 3.15. The number of nitrogens with zero attached hydrogens (tertiary/aromatic N) is 1. The fraction of sp³-hybridized carbons (Fsp3) is 0.846. The van der Waals surface area contributed by atoms with Gasteiger partial charge in [0, 0.05) is 6.04 Å². The molecule has 1 aliphatic carbocycles. The van der Waals surface area contributed by atoms with Crippen LogP contribution in [0.15, 0.2) is 5.16 Å². The number of hydrogen-bond acceptors (Lipinski definition) is 3. The van der Waals surface area contributed by atoms with Gasteiger partial charge in [0.05, 0.1) is 0 Å². The molecule has 5 nitrogen and oxygen atoms in total. The number of nitrogens with two attached hydrogens (primary N) is 1. The zero-order valence-corrected chi connectivity index (χ0v) is 11.4. The second kappa shape index (κ2) is 6.61. The molecule has 4 N–H and O–H groups in total. The van der Waals surface area contributed by atoms with E-state index in [-0.39, 0.29) is 17.8 Å². The number of unbranched alkanes of at least 4 members (excludes halogenated alkanes) is 3. The lowest BCUT2D eigenvalue weighted by Crippen LogP contribution is -2.44. The molecule has 0 saturated heterocycles. The van der Waals surface area contributed by atoms with Crippen molar-refractivity contribution >= 4 is 11.7 Å². The maximum Gasteiger partial charge on any atom is 0.234 e. The maximum absolute atomic E-state index is 12.0. The highest BCUT2D eigenvalue weighted by Gasteiger charge is 2.54. The minimum absolute atomic E-state index is 0.0400. The second-order valence-electron chi connectivity index (χ2n) is 5.29. The van der Waals surface area contributed by atoms with Crippen molar-refractivity contribution in [2.24, 2.45) is 16.3 Å². The van der Waals surface area contributed by atoms with Crippen molar-refractivity contribution in [2.45, 2.75) is 64.8 Å². The van der Waals surface area contributed by atoms with Gasteiger partial charge < -0.3 is 16.3 Å². The van der Waals surface area contributed by atoms with Gasteiger partial charge in [-0.15, -0.1) is 0 Å². The van der Waals surface area contributed by atoms with E-state index in [2.05, 4.69) is 17.4 Å². The van der Waals surface area contributed by atoms with Crippen LogP contribution in [0.4, 0.5) is 0 Å². The van der Waals surface area contributed by atoms with E-state index >= 15 is 0 Å². The summed E-state index contributed by atoms with van der Waals surface area (Å²) in [4.78, 5) is 12.0. The van der Waals surface area contributed by atoms with Crippen LogP contribution in [0.25, 0.3) is 0 Å². The summed E-state index contributed by atoms with van der Waals surface area (Å²) in [7, 11) is 0. The van der Waals surface area contributed by atoms with Crippen LogP contribution < -0.4 is 11.1 Å². The molecule has 1 fully saturated rings. The van der Waals surface area contributed by atoms with E-state index in [4.69, 9.17) is 10.9 Å². The topological polar surface area (TPSA) is 87.7 Å². The molecule has 0 aromatic carbocycles. The summed E-state index contributed by atoms with van der Waals surface area (Å²) in [6.45, 7) is 4.19. The highest BCUT2D eigenvalue weighted by molar-refractivity contribution is 6.09. The van der Waals surface area contributed by atoms with Gasteiger partial charge in [-0.2, -0.15) is 0 Å². The molecule has 0 bridgehead atoms. The number of carbonyl (C=O) groups excluding carboxylic acids is 1. The minimum atomic E-state index is -0.730. The monoisotopic (exact) mass is 255 g/mol. The smallest absolute Gasteiger partial charge is 0.234 e. The lowest BCUT2D eigenvalue weighted by molar-refractivity contribution is -0.124. The molecule has 1 amide bonds. The molecular formula is C13H25N3O2. The SMILES string of the molecule is CCCCCCC(C)NC(=O)C1(C(N)=NO)CC1. The Morgan fingerprint density at radius 2 is 2.11 bits per heavy atom. The molecule has 1 unspecified atom stereocenters. The van der Waals surface area contributed by atoms with E-state index in [1.54, 1.807) is 0 Å². The molecule has 1 atom stereocenters. The summed E-state index contributed by atoms with van der Waals surface area (Å²) in [5.74, 6) is -0.0565. The van der Waals surface area contributed by atoms with Crippen LogP contribution >= 0.6 is 0 Å². The predicted molar refractivity (Wildman–Crippen MR) is 71.4 cm³/mol. The lowest BCUT2D eigenvalue weighted by Gasteiger charge is -2.18. The predicted octanol–water partition coefficient (Wildman–Crippen LogP) is 1.99. The highest BCUT2D eigenvalue weighted by Crippen LogP contribution is 2.46. The van der Waals surface area contributed by atoms with Gasteiger partial charge in [-0.3, -0.25) is 4.79 Å². The Labute approximate surface area is 109 Å². The summed E-state index contributed by atoms with van der Waals surface area (Å²) < 4.78 is 0. The number of nitrogens with one attached hydrogen (secondary N) is 1. The molecule has 1 rings (SSSR count). The van der Waals surface area contributed by atoms with Crippen LogP contribution in [-0.2, 0) is 4.79 Å². The molecule has 18 heavy (non-hydrogen) atoms. The van der Waals surface area contributed by atoms with Crippen molar-refractivity contribution in [1.29, 1.82) is 0 Å². The Morgan fingerprint density at radius 3 is 2.61 bits per heavy atom. The summed E-state index contributed by atoms with van der Waals surface area (Å²) >= 11 is 0. The fourth-order valence-corrected chi connectivity index (χ4v) is 2.13. The van der Waals surface area contributed by atoms with Gasteiger partial charge >= 0.3 is 0 Å². The molecule has 0 heterocycles. The van der Waals surface area contributed by atoms with Gasteiger partial charge in [-0.05, 0) is 26.2 Å². The van der Waals surface area contributed by atoms with E-state index in [1.165, 1.54) is 19.3 Å². The second-order valence-corrected chi connectivity index (χ2v) is 5.29. The quantitative estimate of drug-likeness (QED) is 0.204. The van der Waals surface area contributed by atoms with E-state index in [9.17, 15) is 4.79 Å². The number of amidine groups is 1. The number of hydrogen-bond donors (Lipinski definition) is 3. The molecule has 5 heteroatoms. The summed E-state index contributed by atoms with van der Waals surface area (Å²) in [5, 5.41) is 14.6. The van der Waals surface area contributed by atoms with Gasteiger partial charge in [-0.25, -0.2) is 0 Å². The Morgan fingerprint density at radius 1 is 1.44 bits per heavy atom. The highest BCUT2D eigenvalue weighted by atomic mass is 16.4. The molecule has 104 valence electrons. The van der Waals surface area contributed by atoms with Crippen LogP contribution in [-0.4, -0.2) is 23.0 Å². The zero-order chi connectivity index (χ0) is 13.6. The van der Waals surface area contributed by atoms with Crippen molar-refractivity contribution < 1.29 is 10.0 Å². The summed E-state index contributed by atoms with van der Waals surface area (Å²) in [5.41, 5.74) is 4.84. The van der Waals surface area contributed by atoms with E-state index in [1.807, 2.05) is 6.92 Å². The zero-order valence-electron chi connectivity index (χ0n) is 11.4. The van der Waals surface area contributed by atoms with Crippen molar-refractivity contribution in [2.75, 3.05) is 0 Å². The third-order valence-corrected chi connectivity index (χ3v) is 3.65. The normalized spacial score (nSPS) is 19.3. The Bertz CT molecular complexity index is 311. The van der Waals surface area contributed by atoms with Crippen molar-refractivity contribution in [3.8, 4) is 0 Å². The first-order valence-electron chi connectivity index (χ1n) is 6.85. The molecule has 0 aromatic heterocycles. The van der Waals surface area contributed by atoms with E-state index < -0.39 is 5.41 Å². The molecule has 1 aliphatic rings. The van der Waals surface area contributed by atoms with E-state index in [0.29, 0.717) is 12.8 Å². The van der Waals surface area contributed by atoms with Crippen molar-refractivity contribution in [3.05, 3.63) is 0 Å². The first kappa shape index (κ1) is 14.8. The van der Waals surface area contributed by atoms with Crippen LogP contribution in [0.5, 0.6) is 0 Å². The lowest BCUT2D eigenvalue weighted by atomic mass is 10.0. The van der Waals surface area contributed by atoms with Crippen LogP contribution in [0, 0.1) is 5.41 Å². The van der Waals surface area contributed by atoms with Gasteiger partial charge in [0.1, 0.15) is 5.41 Å². The first-order chi connectivity index (χ1) is 8.56. The summed E-state index contributed by atoms with van der Waals surface area (Å²) in [6, 6.07) is 0.151. The first-order valence-corrected chi connectivity index (χ1v) is 6.85. The standard InChI is InChI=1S/C13H25N3O2/c1-3-4-5-6-7-10(2)15-12(17)13(8-9-13)11(14)16-18/h10,18H,3-9H2,1-2H3,(H2,14,16)(H,15,17). The Balaban J connectivity index is 2.32. The Kier molecular flexibility index (Phi) is 5.44. The molecule has 0 spiro atoms. The van der Waals surface area contributed by atoms with Crippen molar-refractivity contribution in [3.63, 3.8) is 0 Å². The average molecular weight is 255 g/mol. The number of carbonyl (C=O) groups is 1. The number of amides is 1. The fourth-order valence-electron chi connectivity index (χ4n) is 2.13. The molecular weight excluding hydrogens is 230 g/mol. The van der Waals surface area contributed by atoms with Gasteiger partial charge in [-0.1, -0.05) is 37.8 Å².